The van der Waals surface area contributed by atoms with E-state index in [2.05, 4.69) is 18.7 Å². The highest BCUT2D eigenvalue weighted by atomic mass is 32.2. The summed E-state index contributed by atoms with van der Waals surface area (Å²) in [5.74, 6) is 0.243. The Morgan fingerprint density at radius 1 is 1.39 bits per heavy atom. The first-order valence-electron chi connectivity index (χ1n) is 6.23. The van der Waals surface area contributed by atoms with Crippen molar-refractivity contribution >= 4 is 17.5 Å². The van der Waals surface area contributed by atoms with Crippen molar-refractivity contribution in [2.45, 2.75) is 31.1 Å². The summed E-state index contributed by atoms with van der Waals surface area (Å²) in [6.45, 7) is 5.78. The molecule has 0 spiro atoms. The summed E-state index contributed by atoms with van der Waals surface area (Å²) in [7, 11) is 0. The van der Waals surface area contributed by atoms with E-state index in [0.29, 0.717) is 0 Å². The molecular formula is C16H18OS. The number of carbonyl (C=O) groups is 1. The van der Waals surface area contributed by atoms with E-state index < -0.39 is 0 Å². The van der Waals surface area contributed by atoms with Crippen LogP contribution in [0, 0.1) is 5.41 Å². The summed E-state index contributed by atoms with van der Waals surface area (Å²) in [6.07, 6.45) is 6.34. The normalized spacial score (nSPS) is 23.6. The lowest BCUT2D eigenvalue weighted by atomic mass is 9.75. The Balaban J connectivity index is 2.10. The van der Waals surface area contributed by atoms with Crippen molar-refractivity contribution < 1.29 is 4.79 Å². The van der Waals surface area contributed by atoms with Gasteiger partial charge in [-0.1, -0.05) is 43.0 Å². The summed E-state index contributed by atoms with van der Waals surface area (Å²) in [6, 6.07) is 10.2. The molecule has 1 aromatic rings. The summed E-state index contributed by atoms with van der Waals surface area (Å²) >= 11 is 1.70. The van der Waals surface area contributed by atoms with Gasteiger partial charge in [-0.05, 0) is 42.4 Å². The van der Waals surface area contributed by atoms with Gasteiger partial charge in [0.2, 0.25) is 0 Å². The van der Waals surface area contributed by atoms with Crippen LogP contribution < -0.4 is 0 Å². The van der Waals surface area contributed by atoms with Crippen molar-refractivity contribution in [3.63, 3.8) is 0 Å². The molecule has 1 atom stereocenters. The van der Waals surface area contributed by atoms with Crippen LogP contribution in [0.5, 0.6) is 0 Å². The van der Waals surface area contributed by atoms with Gasteiger partial charge in [0.1, 0.15) is 0 Å². The first-order chi connectivity index (χ1) is 8.64. The number of thioether (sulfide) groups is 1. The van der Waals surface area contributed by atoms with Gasteiger partial charge in [0.05, 0.1) is 0 Å². The van der Waals surface area contributed by atoms with Crippen molar-refractivity contribution in [1.29, 1.82) is 0 Å². The van der Waals surface area contributed by atoms with Gasteiger partial charge in [0.15, 0.2) is 5.78 Å². The number of ketones is 1. The topological polar surface area (TPSA) is 17.1 Å². The number of hydrogen-bond acceptors (Lipinski definition) is 2. The number of rotatable bonds is 4. The van der Waals surface area contributed by atoms with Gasteiger partial charge >= 0.3 is 0 Å². The smallest absolute Gasteiger partial charge is 0.162 e. The quantitative estimate of drug-likeness (QED) is 0.734. The predicted molar refractivity (Wildman–Crippen MR) is 77.5 cm³/mol. The van der Waals surface area contributed by atoms with Gasteiger partial charge < -0.3 is 0 Å². The summed E-state index contributed by atoms with van der Waals surface area (Å²) in [4.78, 5) is 14.5. The number of benzene rings is 1. The van der Waals surface area contributed by atoms with Crippen LogP contribution in [-0.2, 0) is 4.79 Å². The molecule has 1 nitrogen and oxygen atoms in total. The third-order valence-electron chi connectivity index (χ3n) is 3.40. The fourth-order valence-corrected chi connectivity index (χ4v) is 3.12. The molecule has 0 aliphatic heterocycles. The third-order valence-corrected chi connectivity index (χ3v) is 4.49. The SMILES string of the molecule is C=CC[C@@]1(C)CCC(Sc2ccccc2)=CC1=O. The Morgan fingerprint density at radius 3 is 2.72 bits per heavy atom. The zero-order valence-electron chi connectivity index (χ0n) is 10.7. The number of hydrogen-bond donors (Lipinski definition) is 0. The second kappa shape index (κ2) is 5.57. The molecule has 0 heterocycles. The molecule has 0 unspecified atom stereocenters. The molecule has 0 saturated heterocycles. The Labute approximate surface area is 113 Å². The van der Waals surface area contributed by atoms with Crippen LogP contribution in [0.25, 0.3) is 0 Å². The van der Waals surface area contributed by atoms with Crippen LogP contribution in [0.15, 0.2) is 58.9 Å². The van der Waals surface area contributed by atoms with Crippen LogP contribution in [0.2, 0.25) is 0 Å². The maximum atomic E-state index is 12.2. The Bertz CT molecular complexity index is 475. The minimum atomic E-state index is -0.234. The van der Waals surface area contributed by atoms with Crippen LogP contribution in [0.1, 0.15) is 26.2 Å². The average molecular weight is 258 g/mol. The van der Waals surface area contributed by atoms with Crippen molar-refractivity contribution in [3.8, 4) is 0 Å². The molecule has 1 aromatic carbocycles. The van der Waals surface area contributed by atoms with E-state index in [1.165, 1.54) is 9.80 Å². The van der Waals surface area contributed by atoms with E-state index in [0.717, 1.165) is 19.3 Å². The Kier molecular flexibility index (Phi) is 4.07. The zero-order valence-corrected chi connectivity index (χ0v) is 11.5. The van der Waals surface area contributed by atoms with E-state index in [1.807, 2.05) is 37.3 Å². The van der Waals surface area contributed by atoms with Crippen LogP contribution >= 0.6 is 11.8 Å². The minimum absolute atomic E-state index is 0.234. The first kappa shape index (κ1) is 13.2. The molecule has 18 heavy (non-hydrogen) atoms. The molecular weight excluding hydrogens is 240 g/mol. The molecule has 0 aromatic heterocycles. The molecule has 2 rings (SSSR count). The van der Waals surface area contributed by atoms with Gasteiger partial charge in [-0.3, -0.25) is 4.79 Å². The maximum Gasteiger partial charge on any atom is 0.162 e. The van der Waals surface area contributed by atoms with E-state index in [4.69, 9.17) is 0 Å². The molecule has 2 heteroatoms. The highest BCUT2D eigenvalue weighted by molar-refractivity contribution is 8.03. The summed E-state index contributed by atoms with van der Waals surface area (Å²) < 4.78 is 0. The summed E-state index contributed by atoms with van der Waals surface area (Å²) in [5.41, 5.74) is -0.234. The van der Waals surface area contributed by atoms with Crippen LogP contribution in [0.3, 0.4) is 0 Å². The molecule has 0 fully saturated rings. The second-order valence-corrected chi connectivity index (χ2v) is 6.14. The molecule has 1 aliphatic carbocycles. The molecule has 0 bridgehead atoms. The minimum Gasteiger partial charge on any atom is -0.294 e. The zero-order chi connectivity index (χ0) is 13.0. The molecule has 0 radical (unpaired) electrons. The van der Waals surface area contributed by atoms with Crippen LogP contribution in [0.4, 0.5) is 0 Å². The van der Waals surface area contributed by atoms with Gasteiger partial charge in [0.25, 0.3) is 0 Å². The highest BCUT2D eigenvalue weighted by Crippen LogP contribution is 2.40. The van der Waals surface area contributed by atoms with E-state index >= 15 is 0 Å². The number of allylic oxidation sites excluding steroid dienone is 3. The molecule has 0 saturated carbocycles. The Morgan fingerprint density at radius 2 is 2.11 bits per heavy atom. The fourth-order valence-electron chi connectivity index (χ4n) is 2.16. The maximum absolute atomic E-state index is 12.2. The standard InChI is InChI=1S/C16H18OS/c1-3-10-16(2)11-9-14(12-15(16)17)18-13-7-5-4-6-8-13/h3-8,12H,1,9-11H2,2H3/t16-/m0/s1. The fraction of sp³-hybridized carbons (Fsp3) is 0.312. The predicted octanol–water partition coefficient (Wildman–Crippen LogP) is 4.61. The second-order valence-electron chi connectivity index (χ2n) is 4.94. The van der Waals surface area contributed by atoms with E-state index in [-0.39, 0.29) is 11.2 Å². The highest BCUT2D eigenvalue weighted by Gasteiger charge is 2.33. The molecule has 1 aliphatic rings. The van der Waals surface area contributed by atoms with Crippen molar-refractivity contribution in [2.24, 2.45) is 5.41 Å². The van der Waals surface area contributed by atoms with Crippen molar-refractivity contribution in [3.05, 3.63) is 54.0 Å². The first-order valence-corrected chi connectivity index (χ1v) is 7.04. The molecule has 94 valence electrons. The third kappa shape index (κ3) is 2.94. The average Bonchev–Trinajstić information content (AvgIpc) is 2.36. The lowest BCUT2D eigenvalue weighted by Crippen LogP contribution is -2.28. The lowest BCUT2D eigenvalue weighted by molar-refractivity contribution is -0.123. The van der Waals surface area contributed by atoms with Gasteiger partial charge in [-0.15, -0.1) is 6.58 Å². The van der Waals surface area contributed by atoms with Gasteiger partial charge in [-0.2, -0.15) is 0 Å². The Hall–Kier alpha value is -1.28. The van der Waals surface area contributed by atoms with Crippen molar-refractivity contribution in [1.82, 2.24) is 0 Å². The summed E-state index contributed by atoms with van der Waals surface area (Å²) in [5, 5.41) is 0. The largest absolute Gasteiger partial charge is 0.294 e. The monoisotopic (exact) mass is 258 g/mol. The lowest BCUT2D eigenvalue weighted by Gasteiger charge is -2.30. The van der Waals surface area contributed by atoms with Crippen molar-refractivity contribution in [2.75, 3.05) is 0 Å². The van der Waals surface area contributed by atoms with E-state index in [9.17, 15) is 4.79 Å². The van der Waals surface area contributed by atoms with Crippen LogP contribution in [-0.4, -0.2) is 5.78 Å². The van der Waals surface area contributed by atoms with E-state index in [1.54, 1.807) is 11.8 Å². The van der Waals surface area contributed by atoms with Gasteiger partial charge in [-0.25, -0.2) is 0 Å². The molecule has 0 N–H and O–H groups in total. The van der Waals surface area contributed by atoms with Gasteiger partial charge in [0, 0.05) is 10.3 Å². The number of carbonyl (C=O) groups excluding carboxylic acids is 1. The molecule has 0 amide bonds.